The molecule has 0 radical (unpaired) electrons. The van der Waals surface area contributed by atoms with Gasteiger partial charge in [-0.25, -0.2) is 4.98 Å². The number of benzene rings is 1. The number of nitrogens with zero attached hydrogens (tertiary/aromatic N) is 2. The van der Waals surface area contributed by atoms with Crippen molar-refractivity contribution in [3.8, 4) is 5.75 Å². The number of imidazole rings is 1. The minimum absolute atomic E-state index is 0.0988. The van der Waals surface area contributed by atoms with Crippen molar-refractivity contribution in [1.29, 1.82) is 0 Å². The van der Waals surface area contributed by atoms with E-state index in [4.69, 9.17) is 4.74 Å². The minimum atomic E-state index is 0.0988. The quantitative estimate of drug-likeness (QED) is 0.831. The molecule has 1 aromatic heterocycles. The largest absolute Gasteiger partial charge is 0.491 e. The fourth-order valence-corrected chi connectivity index (χ4v) is 2.04. The van der Waals surface area contributed by atoms with Gasteiger partial charge in [0, 0.05) is 18.9 Å². The number of aryl methyl sites for hydroxylation is 1. The smallest absolute Gasteiger partial charge is 0.129 e. The third kappa shape index (κ3) is 3.58. The van der Waals surface area contributed by atoms with Crippen LogP contribution in [-0.2, 0) is 6.54 Å². The van der Waals surface area contributed by atoms with E-state index < -0.39 is 0 Å². The molecule has 0 saturated carbocycles. The molecule has 2 aromatic rings. The van der Waals surface area contributed by atoms with Gasteiger partial charge in [-0.2, -0.15) is 0 Å². The first-order valence-corrected chi connectivity index (χ1v) is 6.71. The molecule has 1 N–H and O–H groups in total. The number of likely N-dealkylation sites (N-methyl/N-ethyl adjacent to an activating group) is 1. The number of rotatable bonds is 7. The molecule has 0 fully saturated rings. The van der Waals surface area contributed by atoms with Gasteiger partial charge in [-0.05, 0) is 25.6 Å². The number of aromatic nitrogens is 2. The van der Waals surface area contributed by atoms with E-state index in [1.165, 1.54) is 0 Å². The molecule has 0 aliphatic heterocycles. The standard InChI is InChI=1S/C15H21N3O/c1-3-10-18-11-9-17-15(18)14(16-2)12-19-13-7-5-4-6-8-13/h4-9,11,14,16H,3,10,12H2,1-2H3. The molecule has 1 atom stereocenters. The lowest BCUT2D eigenvalue weighted by Crippen LogP contribution is -2.26. The van der Waals surface area contributed by atoms with E-state index in [1.807, 2.05) is 49.8 Å². The number of hydrogen-bond acceptors (Lipinski definition) is 3. The van der Waals surface area contributed by atoms with Gasteiger partial charge in [-0.15, -0.1) is 0 Å². The monoisotopic (exact) mass is 259 g/mol. The van der Waals surface area contributed by atoms with E-state index in [1.54, 1.807) is 0 Å². The molecule has 2 rings (SSSR count). The summed E-state index contributed by atoms with van der Waals surface area (Å²) in [7, 11) is 1.93. The third-order valence-corrected chi connectivity index (χ3v) is 3.03. The van der Waals surface area contributed by atoms with Crippen LogP contribution in [0, 0.1) is 0 Å². The van der Waals surface area contributed by atoms with Gasteiger partial charge in [0.1, 0.15) is 24.2 Å². The summed E-state index contributed by atoms with van der Waals surface area (Å²) in [5.41, 5.74) is 0. The lowest BCUT2D eigenvalue weighted by Gasteiger charge is -2.18. The van der Waals surface area contributed by atoms with Gasteiger partial charge in [0.2, 0.25) is 0 Å². The first-order chi connectivity index (χ1) is 9.35. The van der Waals surface area contributed by atoms with Crippen LogP contribution in [0.5, 0.6) is 5.75 Å². The molecule has 0 aliphatic rings. The number of ether oxygens (including phenoxy) is 1. The summed E-state index contributed by atoms with van der Waals surface area (Å²) in [6.07, 6.45) is 4.96. The van der Waals surface area contributed by atoms with E-state index in [9.17, 15) is 0 Å². The van der Waals surface area contributed by atoms with Crippen LogP contribution in [0.25, 0.3) is 0 Å². The maximum absolute atomic E-state index is 5.80. The van der Waals surface area contributed by atoms with Gasteiger partial charge in [-0.3, -0.25) is 0 Å². The lowest BCUT2D eigenvalue weighted by atomic mass is 10.3. The fraction of sp³-hybridized carbons (Fsp3) is 0.400. The Morgan fingerprint density at radius 1 is 1.32 bits per heavy atom. The Hall–Kier alpha value is -1.81. The summed E-state index contributed by atoms with van der Waals surface area (Å²) >= 11 is 0. The number of hydrogen-bond donors (Lipinski definition) is 1. The Morgan fingerprint density at radius 2 is 2.11 bits per heavy atom. The molecule has 0 amide bonds. The Labute approximate surface area is 114 Å². The highest BCUT2D eigenvalue weighted by Gasteiger charge is 2.15. The van der Waals surface area contributed by atoms with Gasteiger partial charge in [0.15, 0.2) is 0 Å². The zero-order chi connectivity index (χ0) is 13.5. The van der Waals surface area contributed by atoms with Gasteiger partial charge in [0.05, 0.1) is 0 Å². The van der Waals surface area contributed by atoms with Crippen LogP contribution in [0.1, 0.15) is 25.2 Å². The molecule has 0 spiro atoms. The van der Waals surface area contributed by atoms with E-state index >= 15 is 0 Å². The van der Waals surface area contributed by atoms with E-state index in [2.05, 4.69) is 21.8 Å². The lowest BCUT2D eigenvalue weighted by molar-refractivity contribution is 0.264. The zero-order valence-electron chi connectivity index (χ0n) is 11.5. The Kier molecular flexibility index (Phi) is 4.98. The van der Waals surface area contributed by atoms with Crippen molar-refractivity contribution in [3.63, 3.8) is 0 Å². The molecule has 4 heteroatoms. The molecule has 1 unspecified atom stereocenters. The third-order valence-electron chi connectivity index (χ3n) is 3.03. The van der Waals surface area contributed by atoms with E-state index in [-0.39, 0.29) is 6.04 Å². The second kappa shape index (κ2) is 6.95. The van der Waals surface area contributed by atoms with Crippen molar-refractivity contribution in [2.75, 3.05) is 13.7 Å². The Morgan fingerprint density at radius 3 is 2.79 bits per heavy atom. The van der Waals surface area contributed by atoms with Crippen LogP contribution >= 0.6 is 0 Å². The minimum Gasteiger partial charge on any atom is -0.491 e. The second-order valence-corrected chi connectivity index (χ2v) is 4.44. The highest BCUT2D eigenvalue weighted by molar-refractivity contribution is 5.21. The van der Waals surface area contributed by atoms with E-state index in [0.717, 1.165) is 24.5 Å². The van der Waals surface area contributed by atoms with Crippen molar-refractivity contribution in [2.45, 2.75) is 25.9 Å². The molecular formula is C15H21N3O. The molecule has 4 nitrogen and oxygen atoms in total. The summed E-state index contributed by atoms with van der Waals surface area (Å²) < 4.78 is 7.98. The molecule has 19 heavy (non-hydrogen) atoms. The normalized spacial score (nSPS) is 12.3. The summed E-state index contributed by atoms with van der Waals surface area (Å²) in [6, 6.07) is 9.96. The average Bonchev–Trinajstić information content (AvgIpc) is 2.90. The SMILES string of the molecule is CCCn1ccnc1C(COc1ccccc1)NC. The molecule has 0 bridgehead atoms. The molecular weight excluding hydrogens is 238 g/mol. The summed E-state index contributed by atoms with van der Waals surface area (Å²) in [5, 5.41) is 3.27. The van der Waals surface area contributed by atoms with Crippen LogP contribution in [0.4, 0.5) is 0 Å². The summed E-state index contributed by atoms with van der Waals surface area (Å²) in [4.78, 5) is 4.44. The van der Waals surface area contributed by atoms with Gasteiger partial charge >= 0.3 is 0 Å². The van der Waals surface area contributed by atoms with Crippen molar-refractivity contribution >= 4 is 0 Å². The molecule has 1 aromatic carbocycles. The molecule has 102 valence electrons. The predicted octanol–water partition coefficient (Wildman–Crippen LogP) is 2.63. The van der Waals surface area contributed by atoms with Crippen LogP contribution in [0.15, 0.2) is 42.7 Å². The van der Waals surface area contributed by atoms with Crippen molar-refractivity contribution in [2.24, 2.45) is 0 Å². The maximum atomic E-state index is 5.80. The molecule has 1 heterocycles. The first kappa shape index (κ1) is 13.6. The van der Waals surface area contributed by atoms with Crippen LogP contribution in [0.2, 0.25) is 0 Å². The number of para-hydroxylation sites is 1. The van der Waals surface area contributed by atoms with E-state index in [0.29, 0.717) is 6.61 Å². The van der Waals surface area contributed by atoms with Crippen molar-refractivity contribution in [3.05, 3.63) is 48.5 Å². The van der Waals surface area contributed by atoms with Crippen LogP contribution < -0.4 is 10.1 Å². The van der Waals surface area contributed by atoms with Gasteiger partial charge < -0.3 is 14.6 Å². The van der Waals surface area contributed by atoms with Crippen LogP contribution in [0.3, 0.4) is 0 Å². The predicted molar refractivity (Wildman–Crippen MR) is 76.3 cm³/mol. The first-order valence-electron chi connectivity index (χ1n) is 6.71. The van der Waals surface area contributed by atoms with Crippen molar-refractivity contribution < 1.29 is 4.74 Å². The summed E-state index contributed by atoms with van der Waals surface area (Å²) in [5.74, 6) is 1.91. The van der Waals surface area contributed by atoms with Crippen LogP contribution in [-0.4, -0.2) is 23.2 Å². The number of nitrogens with one attached hydrogen (secondary N) is 1. The zero-order valence-corrected chi connectivity index (χ0v) is 11.5. The summed E-state index contributed by atoms with van der Waals surface area (Å²) in [6.45, 7) is 3.72. The molecule has 0 saturated heterocycles. The Balaban J connectivity index is 2.01. The highest BCUT2D eigenvalue weighted by atomic mass is 16.5. The maximum Gasteiger partial charge on any atom is 0.129 e. The van der Waals surface area contributed by atoms with Crippen molar-refractivity contribution in [1.82, 2.24) is 14.9 Å². The topological polar surface area (TPSA) is 39.1 Å². The highest BCUT2D eigenvalue weighted by Crippen LogP contribution is 2.15. The fourth-order valence-electron chi connectivity index (χ4n) is 2.04. The van der Waals surface area contributed by atoms with Gasteiger partial charge in [0.25, 0.3) is 0 Å². The average molecular weight is 259 g/mol. The molecule has 0 aliphatic carbocycles. The van der Waals surface area contributed by atoms with Gasteiger partial charge in [-0.1, -0.05) is 25.1 Å². The second-order valence-electron chi connectivity index (χ2n) is 4.44. The Bertz CT molecular complexity index is 481.